The standard InChI is InChI=1S/C12H13FN4O2/c1-7-3-4-9(6-10(7)13)12-14-15-16-17(12)8(2)5-11(18)19/h3-4,6,8H,5H2,1-2H3,(H,18,19). The van der Waals surface area contributed by atoms with Crippen molar-refractivity contribution in [3.63, 3.8) is 0 Å². The summed E-state index contributed by atoms with van der Waals surface area (Å²) >= 11 is 0. The van der Waals surface area contributed by atoms with Crippen LogP contribution >= 0.6 is 0 Å². The summed E-state index contributed by atoms with van der Waals surface area (Å²) in [6, 6.07) is 4.26. The van der Waals surface area contributed by atoms with Crippen molar-refractivity contribution in [3.8, 4) is 11.4 Å². The van der Waals surface area contributed by atoms with E-state index in [4.69, 9.17) is 5.11 Å². The van der Waals surface area contributed by atoms with Gasteiger partial charge in [-0.05, 0) is 35.9 Å². The molecule has 0 bridgehead atoms. The summed E-state index contributed by atoms with van der Waals surface area (Å²) in [7, 11) is 0. The molecule has 2 aromatic rings. The summed E-state index contributed by atoms with van der Waals surface area (Å²) in [5.74, 6) is -0.936. The molecule has 1 aromatic heterocycles. The fourth-order valence-corrected chi connectivity index (χ4v) is 1.75. The van der Waals surface area contributed by atoms with E-state index in [2.05, 4.69) is 15.5 Å². The first kappa shape index (κ1) is 13.1. The second-order valence-electron chi connectivity index (χ2n) is 4.36. The molecule has 0 radical (unpaired) electrons. The SMILES string of the molecule is Cc1ccc(-c2nnnn2C(C)CC(=O)O)cc1F. The number of rotatable bonds is 4. The minimum atomic E-state index is -0.941. The highest BCUT2D eigenvalue weighted by atomic mass is 19.1. The van der Waals surface area contributed by atoms with Crippen molar-refractivity contribution >= 4 is 5.97 Å². The lowest BCUT2D eigenvalue weighted by Crippen LogP contribution is -2.13. The van der Waals surface area contributed by atoms with Crippen molar-refractivity contribution in [2.24, 2.45) is 0 Å². The Kier molecular flexibility index (Phi) is 3.55. The maximum Gasteiger partial charge on any atom is 0.305 e. The molecule has 0 saturated carbocycles. The van der Waals surface area contributed by atoms with Crippen LogP contribution in [0.4, 0.5) is 4.39 Å². The third-order valence-corrected chi connectivity index (χ3v) is 2.81. The maximum atomic E-state index is 13.5. The molecule has 0 fully saturated rings. The minimum Gasteiger partial charge on any atom is -0.481 e. The van der Waals surface area contributed by atoms with E-state index in [1.54, 1.807) is 26.0 Å². The minimum absolute atomic E-state index is 0.105. The van der Waals surface area contributed by atoms with Crippen LogP contribution in [0.5, 0.6) is 0 Å². The molecule has 0 spiro atoms. The molecule has 0 aliphatic heterocycles. The van der Waals surface area contributed by atoms with Crippen LogP contribution in [0.15, 0.2) is 18.2 Å². The van der Waals surface area contributed by atoms with Crippen molar-refractivity contribution in [1.29, 1.82) is 0 Å². The summed E-state index contributed by atoms with van der Waals surface area (Å²) in [5, 5.41) is 19.9. The van der Waals surface area contributed by atoms with Crippen molar-refractivity contribution in [2.75, 3.05) is 0 Å². The molecule has 1 aromatic carbocycles. The van der Waals surface area contributed by atoms with Crippen molar-refractivity contribution in [1.82, 2.24) is 20.2 Å². The van der Waals surface area contributed by atoms with E-state index >= 15 is 0 Å². The lowest BCUT2D eigenvalue weighted by atomic mass is 10.1. The molecule has 19 heavy (non-hydrogen) atoms. The number of aliphatic carboxylic acids is 1. The van der Waals surface area contributed by atoms with Crippen LogP contribution in [0.1, 0.15) is 24.9 Å². The molecule has 6 nitrogen and oxygen atoms in total. The highest BCUT2D eigenvalue weighted by Crippen LogP contribution is 2.22. The van der Waals surface area contributed by atoms with Crippen LogP contribution in [0.25, 0.3) is 11.4 Å². The Balaban J connectivity index is 2.38. The maximum absolute atomic E-state index is 13.5. The fourth-order valence-electron chi connectivity index (χ4n) is 1.75. The van der Waals surface area contributed by atoms with Gasteiger partial charge in [0, 0.05) is 5.56 Å². The van der Waals surface area contributed by atoms with Crippen LogP contribution in [-0.2, 0) is 4.79 Å². The largest absolute Gasteiger partial charge is 0.481 e. The van der Waals surface area contributed by atoms with Crippen LogP contribution in [0.2, 0.25) is 0 Å². The van der Waals surface area contributed by atoms with E-state index in [0.717, 1.165) is 0 Å². The predicted molar refractivity (Wildman–Crippen MR) is 64.9 cm³/mol. The summed E-state index contributed by atoms with van der Waals surface area (Å²) in [4.78, 5) is 10.7. The van der Waals surface area contributed by atoms with Gasteiger partial charge in [-0.15, -0.1) is 5.10 Å². The predicted octanol–water partition coefficient (Wildman–Crippen LogP) is 1.82. The molecular weight excluding hydrogens is 251 g/mol. The Morgan fingerprint density at radius 1 is 1.53 bits per heavy atom. The molecule has 2 rings (SSSR count). The quantitative estimate of drug-likeness (QED) is 0.911. The second kappa shape index (κ2) is 5.13. The van der Waals surface area contributed by atoms with E-state index in [0.29, 0.717) is 17.0 Å². The Morgan fingerprint density at radius 2 is 2.26 bits per heavy atom. The normalized spacial score (nSPS) is 12.4. The number of nitrogens with zero attached hydrogens (tertiary/aromatic N) is 4. The molecule has 1 unspecified atom stereocenters. The summed E-state index contributed by atoms with van der Waals surface area (Å²) in [6.45, 7) is 3.35. The van der Waals surface area contributed by atoms with Gasteiger partial charge in [-0.3, -0.25) is 4.79 Å². The molecule has 0 aliphatic carbocycles. The fraction of sp³-hybridized carbons (Fsp3) is 0.333. The summed E-state index contributed by atoms with van der Waals surface area (Å²) in [6.07, 6.45) is -0.105. The molecule has 1 heterocycles. The molecule has 1 atom stereocenters. The Labute approximate surface area is 108 Å². The molecule has 0 aliphatic rings. The highest BCUT2D eigenvalue weighted by Gasteiger charge is 2.17. The van der Waals surface area contributed by atoms with E-state index in [9.17, 15) is 9.18 Å². The van der Waals surface area contributed by atoms with E-state index in [1.165, 1.54) is 10.7 Å². The number of benzene rings is 1. The molecule has 0 saturated heterocycles. The van der Waals surface area contributed by atoms with Gasteiger partial charge < -0.3 is 5.11 Å². The number of carboxylic acids is 1. The van der Waals surface area contributed by atoms with Crippen LogP contribution in [0, 0.1) is 12.7 Å². The van der Waals surface area contributed by atoms with Gasteiger partial charge in [-0.1, -0.05) is 12.1 Å². The van der Waals surface area contributed by atoms with E-state index in [1.807, 2.05) is 0 Å². The summed E-state index contributed by atoms with van der Waals surface area (Å²) in [5.41, 5.74) is 1.05. The summed E-state index contributed by atoms with van der Waals surface area (Å²) < 4.78 is 14.9. The topological polar surface area (TPSA) is 80.9 Å². The Hall–Kier alpha value is -2.31. The third-order valence-electron chi connectivity index (χ3n) is 2.81. The monoisotopic (exact) mass is 264 g/mol. The number of aryl methyl sites for hydroxylation is 1. The average Bonchev–Trinajstić information content (AvgIpc) is 2.81. The zero-order valence-electron chi connectivity index (χ0n) is 10.5. The van der Waals surface area contributed by atoms with Crippen molar-refractivity contribution < 1.29 is 14.3 Å². The van der Waals surface area contributed by atoms with Crippen LogP contribution in [-0.4, -0.2) is 31.3 Å². The number of carbonyl (C=O) groups is 1. The van der Waals surface area contributed by atoms with Gasteiger partial charge in [0.15, 0.2) is 5.82 Å². The lowest BCUT2D eigenvalue weighted by Gasteiger charge is -2.11. The highest BCUT2D eigenvalue weighted by molar-refractivity contribution is 5.67. The van der Waals surface area contributed by atoms with Gasteiger partial charge in [0.25, 0.3) is 0 Å². The number of hydrogen-bond donors (Lipinski definition) is 1. The second-order valence-corrected chi connectivity index (χ2v) is 4.36. The Bertz CT molecular complexity index is 612. The molecule has 7 heteroatoms. The first-order chi connectivity index (χ1) is 8.99. The smallest absolute Gasteiger partial charge is 0.305 e. The lowest BCUT2D eigenvalue weighted by molar-refractivity contribution is -0.137. The third kappa shape index (κ3) is 2.75. The van der Waals surface area contributed by atoms with Gasteiger partial charge in [0.05, 0.1) is 12.5 Å². The number of aromatic nitrogens is 4. The number of carboxylic acid groups (broad SMARTS) is 1. The van der Waals surface area contributed by atoms with Gasteiger partial charge >= 0.3 is 5.97 Å². The molecule has 0 amide bonds. The molecule has 100 valence electrons. The first-order valence-corrected chi connectivity index (χ1v) is 5.75. The molecule has 1 N–H and O–H groups in total. The van der Waals surface area contributed by atoms with Gasteiger partial charge in [-0.2, -0.15) is 0 Å². The van der Waals surface area contributed by atoms with Crippen LogP contribution in [0.3, 0.4) is 0 Å². The zero-order valence-corrected chi connectivity index (χ0v) is 10.5. The van der Waals surface area contributed by atoms with E-state index in [-0.39, 0.29) is 12.2 Å². The number of hydrogen-bond acceptors (Lipinski definition) is 4. The van der Waals surface area contributed by atoms with Gasteiger partial charge in [0.1, 0.15) is 5.82 Å². The van der Waals surface area contributed by atoms with Gasteiger partial charge in [0.2, 0.25) is 0 Å². The zero-order chi connectivity index (χ0) is 14.0. The molecular formula is C12H13FN4O2. The Morgan fingerprint density at radius 3 is 2.89 bits per heavy atom. The average molecular weight is 264 g/mol. The van der Waals surface area contributed by atoms with Crippen molar-refractivity contribution in [2.45, 2.75) is 26.3 Å². The first-order valence-electron chi connectivity index (χ1n) is 5.75. The van der Waals surface area contributed by atoms with E-state index < -0.39 is 12.0 Å². The van der Waals surface area contributed by atoms with Crippen molar-refractivity contribution in [3.05, 3.63) is 29.6 Å². The number of halogens is 1. The van der Waals surface area contributed by atoms with Gasteiger partial charge in [-0.25, -0.2) is 9.07 Å². The number of tetrazole rings is 1. The van der Waals surface area contributed by atoms with Crippen LogP contribution < -0.4 is 0 Å².